The number of rotatable bonds is 0. The molecule has 1 N–H and O–H groups in total. The molecule has 0 aromatic heterocycles. The fourth-order valence-electron chi connectivity index (χ4n) is 7.49. The first-order valence-corrected chi connectivity index (χ1v) is 9.58. The zero-order chi connectivity index (χ0) is 15.6. The highest BCUT2D eigenvalue weighted by atomic mass is 16.3. The Morgan fingerprint density at radius 1 is 0.909 bits per heavy atom. The van der Waals surface area contributed by atoms with Crippen molar-refractivity contribution >= 4 is 0 Å². The second-order valence-electron chi connectivity index (χ2n) is 9.37. The highest BCUT2D eigenvalue weighted by Crippen LogP contribution is 2.68. The minimum absolute atomic E-state index is 0.152. The average Bonchev–Trinajstić information content (AvgIpc) is 2.79. The van der Waals surface area contributed by atoms with Crippen molar-refractivity contribution in [1.82, 2.24) is 0 Å². The second-order valence-corrected chi connectivity index (χ2v) is 9.37. The smallest absolute Gasteiger partial charge is 0.156 e. The van der Waals surface area contributed by atoms with Crippen LogP contribution >= 0.6 is 0 Å². The van der Waals surface area contributed by atoms with E-state index in [9.17, 15) is 10.4 Å². The largest absolute Gasteiger partial charge is 0.375 e. The molecule has 0 amide bonds. The van der Waals surface area contributed by atoms with Crippen LogP contribution in [0.4, 0.5) is 0 Å². The highest BCUT2D eigenvalue weighted by Gasteiger charge is 2.64. The molecule has 4 aliphatic rings. The molecule has 0 spiro atoms. The molecule has 0 aliphatic heterocycles. The SMILES string of the molecule is C[C@]12CCCC[C@@H]1CC[C@@H]1[C@H]2CC[C@@]2(C)[C@@H]1CC[C@@]2(O)C#N. The van der Waals surface area contributed by atoms with Crippen molar-refractivity contribution in [2.45, 2.75) is 83.7 Å². The van der Waals surface area contributed by atoms with Gasteiger partial charge in [0.1, 0.15) is 0 Å². The molecule has 0 bridgehead atoms. The van der Waals surface area contributed by atoms with Crippen LogP contribution in [0.1, 0.15) is 78.1 Å². The number of hydrogen-bond acceptors (Lipinski definition) is 2. The fourth-order valence-corrected chi connectivity index (χ4v) is 7.49. The maximum absolute atomic E-state index is 10.9. The van der Waals surface area contributed by atoms with Gasteiger partial charge in [-0.25, -0.2) is 0 Å². The van der Waals surface area contributed by atoms with E-state index in [0.29, 0.717) is 17.8 Å². The Bertz CT molecular complexity index is 510. The summed E-state index contributed by atoms with van der Waals surface area (Å²) in [6, 6.07) is 2.30. The van der Waals surface area contributed by atoms with E-state index in [4.69, 9.17) is 0 Å². The van der Waals surface area contributed by atoms with Crippen molar-refractivity contribution in [1.29, 1.82) is 5.26 Å². The normalized spacial score (nSPS) is 57.4. The van der Waals surface area contributed by atoms with Crippen LogP contribution in [0.5, 0.6) is 0 Å². The minimum Gasteiger partial charge on any atom is -0.375 e. The molecule has 4 aliphatic carbocycles. The summed E-state index contributed by atoms with van der Waals surface area (Å²) in [7, 11) is 0. The standard InChI is InChI=1S/C20H31NO/c1-18-10-4-3-5-14(18)6-7-15-16(18)8-11-19(2)17(15)9-12-20(19,22)13-21/h14-17,22H,3-12H2,1-2H3/t14-,15-,16-,17-,18+,19+,20-/m1/s1. The fraction of sp³-hybridized carbons (Fsp3) is 0.950. The summed E-state index contributed by atoms with van der Waals surface area (Å²) < 4.78 is 0. The number of hydrogen-bond donors (Lipinski definition) is 1. The summed E-state index contributed by atoms with van der Waals surface area (Å²) in [4.78, 5) is 0. The van der Waals surface area contributed by atoms with Gasteiger partial charge in [-0.2, -0.15) is 5.26 Å². The summed E-state index contributed by atoms with van der Waals surface area (Å²) in [6.07, 6.45) is 12.6. The third-order valence-electron chi connectivity index (χ3n) is 8.92. The summed E-state index contributed by atoms with van der Waals surface area (Å²) in [5, 5.41) is 20.4. The van der Waals surface area contributed by atoms with E-state index in [-0.39, 0.29) is 5.41 Å². The molecule has 0 unspecified atom stereocenters. The van der Waals surface area contributed by atoms with Crippen molar-refractivity contribution in [2.75, 3.05) is 0 Å². The topological polar surface area (TPSA) is 44.0 Å². The summed E-state index contributed by atoms with van der Waals surface area (Å²) >= 11 is 0. The van der Waals surface area contributed by atoms with E-state index in [1.54, 1.807) is 0 Å². The number of nitrogens with zero attached hydrogens (tertiary/aromatic N) is 1. The molecular weight excluding hydrogens is 270 g/mol. The van der Waals surface area contributed by atoms with Crippen LogP contribution in [0.2, 0.25) is 0 Å². The van der Waals surface area contributed by atoms with Crippen LogP contribution in [0, 0.1) is 45.8 Å². The summed E-state index contributed by atoms with van der Waals surface area (Å²) in [5.41, 5.74) is -0.663. The van der Waals surface area contributed by atoms with Gasteiger partial charge in [0, 0.05) is 5.41 Å². The van der Waals surface area contributed by atoms with Crippen LogP contribution in [0.25, 0.3) is 0 Å². The zero-order valence-corrected chi connectivity index (χ0v) is 14.3. The molecule has 0 radical (unpaired) electrons. The van der Waals surface area contributed by atoms with Crippen molar-refractivity contribution in [3.63, 3.8) is 0 Å². The first-order chi connectivity index (χ1) is 10.4. The van der Waals surface area contributed by atoms with Crippen molar-refractivity contribution in [3.05, 3.63) is 0 Å². The molecule has 4 rings (SSSR count). The molecular formula is C20H31NO. The molecule has 0 heterocycles. The van der Waals surface area contributed by atoms with Crippen LogP contribution in [-0.4, -0.2) is 10.7 Å². The maximum atomic E-state index is 10.9. The number of fused-ring (bicyclic) bond motifs is 5. The third-order valence-corrected chi connectivity index (χ3v) is 8.92. The van der Waals surface area contributed by atoms with E-state index in [1.165, 1.54) is 44.9 Å². The first-order valence-electron chi connectivity index (χ1n) is 9.58. The van der Waals surface area contributed by atoms with Gasteiger partial charge < -0.3 is 5.11 Å². The van der Waals surface area contributed by atoms with E-state index in [2.05, 4.69) is 19.9 Å². The predicted molar refractivity (Wildman–Crippen MR) is 86.9 cm³/mol. The number of aliphatic hydroxyl groups is 1. The lowest BCUT2D eigenvalue weighted by molar-refractivity contribution is -0.135. The molecule has 0 aromatic rings. The Morgan fingerprint density at radius 3 is 2.45 bits per heavy atom. The Hall–Kier alpha value is -0.550. The number of nitriles is 1. The van der Waals surface area contributed by atoms with Gasteiger partial charge >= 0.3 is 0 Å². The molecule has 0 aromatic carbocycles. The van der Waals surface area contributed by atoms with E-state index in [0.717, 1.165) is 30.6 Å². The van der Waals surface area contributed by atoms with Gasteiger partial charge in [0.2, 0.25) is 0 Å². The molecule has 122 valence electrons. The third kappa shape index (κ3) is 1.70. The van der Waals surface area contributed by atoms with Crippen molar-refractivity contribution in [2.24, 2.45) is 34.5 Å². The van der Waals surface area contributed by atoms with Crippen LogP contribution < -0.4 is 0 Å². The van der Waals surface area contributed by atoms with Crippen molar-refractivity contribution in [3.8, 4) is 6.07 Å². The molecule has 2 nitrogen and oxygen atoms in total. The minimum atomic E-state index is -1.06. The lowest BCUT2D eigenvalue weighted by atomic mass is 9.44. The van der Waals surface area contributed by atoms with Gasteiger partial charge in [-0.3, -0.25) is 0 Å². The van der Waals surface area contributed by atoms with Gasteiger partial charge in [0.05, 0.1) is 6.07 Å². The molecule has 4 fully saturated rings. The Balaban J connectivity index is 1.67. The van der Waals surface area contributed by atoms with Crippen LogP contribution in [0.15, 0.2) is 0 Å². The van der Waals surface area contributed by atoms with Gasteiger partial charge in [-0.05, 0) is 80.5 Å². The zero-order valence-electron chi connectivity index (χ0n) is 14.3. The van der Waals surface area contributed by atoms with Gasteiger partial charge in [0.25, 0.3) is 0 Å². The first kappa shape index (κ1) is 15.0. The summed E-state index contributed by atoms with van der Waals surface area (Å²) in [6.45, 7) is 4.81. The average molecular weight is 301 g/mol. The molecule has 22 heavy (non-hydrogen) atoms. The lowest BCUT2D eigenvalue weighted by Gasteiger charge is -2.60. The van der Waals surface area contributed by atoms with E-state index >= 15 is 0 Å². The Labute approximate surface area is 135 Å². The summed E-state index contributed by atoms with van der Waals surface area (Å²) in [5.74, 6) is 3.14. The van der Waals surface area contributed by atoms with Gasteiger partial charge in [-0.15, -0.1) is 0 Å². The van der Waals surface area contributed by atoms with E-state index < -0.39 is 5.60 Å². The lowest BCUT2D eigenvalue weighted by Crippen LogP contribution is -2.55. The van der Waals surface area contributed by atoms with Crippen molar-refractivity contribution < 1.29 is 5.11 Å². The van der Waals surface area contributed by atoms with Crippen LogP contribution in [-0.2, 0) is 0 Å². The van der Waals surface area contributed by atoms with Gasteiger partial charge in [0.15, 0.2) is 5.60 Å². The van der Waals surface area contributed by atoms with Crippen LogP contribution in [0.3, 0.4) is 0 Å². The molecule has 7 atom stereocenters. The molecule has 4 saturated carbocycles. The maximum Gasteiger partial charge on any atom is 0.156 e. The Kier molecular flexibility index (Phi) is 3.22. The molecule has 2 heteroatoms. The molecule has 0 saturated heterocycles. The Morgan fingerprint density at radius 2 is 1.68 bits per heavy atom. The quantitative estimate of drug-likeness (QED) is 0.661. The second kappa shape index (κ2) is 4.73. The van der Waals surface area contributed by atoms with E-state index in [1.807, 2.05) is 0 Å². The highest BCUT2D eigenvalue weighted by molar-refractivity contribution is 5.20. The van der Waals surface area contributed by atoms with Gasteiger partial charge in [-0.1, -0.05) is 26.7 Å². The predicted octanol–water partition coefficient (Wildman–Crippen LogP) is 4.67. The monoisotopic (exact) mass is 301 g/mol.